The Bertz CT molecular complexity index is 928. The molecule has 2 aromatic rings. The number of fused-ring (bicyclic) bond motifs is 2. The number of allylic oxidation sites excluding steroid dienone is 2. The molecule has 0 radical (unpaired) electrons. The Morgan fingerprint density at radius 2 is 1.69 bits per heavy atom. The highest BCUT2D eigenvalue weighted by atomic mass is 16.2. The van der Waals surface area contributed by atoms with Gasteiger partial charge >= 0.3 is 0 Å². The number of nitrogens with one attached hydrogen (secondary N) is 1. The lowest BCUT2D eigenvalue weighted by atomic mass is 9.85. The van der Waals surface area contributed by atoms with E-state index in [9.17, 15) is 14.4 Å². The van der Waals surface area contributed by atoms with E-state index in [1.165, 1.54) is 4.90 Å². The predicted octanol–water partition coefficient (Wildman–Crippen LogP) is 1.94. The molecule has 2 saturated heterocycles. The highest BCUT2D eigenvalue weighted by Gasteiger charge is 2.52. The third kappa shape index (κ3) is 2.14. The number of H-pyrrole nitrogens is 1. The van der Waals surface area contributed by atoms with E-state index in [0.29, 0.717) is 31.5 Å². The molecular formula is C20H19N3O3. The van der Waals surface area contributed by atoms with Gasteiger partial charge in [-0.15, -0.1) is 0 Å². The Morgan fingerprint density at radius 3 is 2.38 bits per heavy atom. The second-order valence-electron chi connectivity index (χ2n) is 7.35. The lowest BCUT2D eigenvalue weighted by Gasteiger charge is -2.43. The molecule has 3 heterocycles. The van der Waals surface area contributed by atoms with Gasteiger partial charge in [0.05, 0.1) is 17.9 Å². The van der Waals surface area contributed by atoms with Crippen LogP contribution in [0.2, 0.25) is 0 Å². The third-order valence-electron chi connectivity index (χ3n) is 5.86. The average molecular weight is 349 g/mol. The van der Waals surface area contributed by atoms with Gasteiger partial charge in [0.15, 0.2) is 0 Å². The quantitative estimate of drug-likeness (QED) is 0.665. The first-order chi connectivity index (χ1) is 12.6. The maximum Gasteiger partial charge on any atom is 0.254 e. The molecule has 2 aliphatic heterocycles. The molecule has 0 spiro atoms. The topological polar surface area (TPSA) is 73.5 Å². The first-order valence-electron chi connectivity index (χ1n) is 9.02. The van der Waals surface area contributed by atoms with Crippen LogP contribution in [-0.2, 0) is 9.59 Å². The van der Waals surface area contributed by atoms with Gasteiger partial charge in [-0.1, -0.05) is 18.2 Å². The van der Waals surface area contributed by atoms with Crippen molar-refractivity contribution in [2.24, 2.45) is 11.8 Å². The number of carbonyl (C=O) groups excluding carboxylic acids is 3. The summed E-state index contributed by atoms with van der Waals surface area (Å²) in [6, 6.07) is 7.36. The largest absolute Gasteiger partial charge is 0.361 e. The van der Waals surface area contributed by atoms with Crippen LogP contribution >= 0.6 is 0 Å². The molecule has 26 heavy (non-hydrogen) atoms. The summed E-state index contributed by atoms with van der Waals surface area (Å²) in [5.41, 5.74) is 1.55. The molecule has 1 aliphatic carbocycles. The molecule has 2 fully saturated rings. The molecule has 5 rings (SSSR count). The van der Waals surface area contributed by atoms with Crippen molar-refractivity contribution < 1.29 is 14.4 Å². The fourth-order valence-corrected chi connectivity index (χ4v) is 4.33. The fraction of sp³-hybridized carbons (Fsp3) is 0.350. The normalized spacial score (nSPS) is 25.7. The minimum Gasteiger partial charge on any atom is -0.361 e. The number of rotatable bonds is 2. The zero-order valence-electron chi connectivity index (χ0n) is 14.2. The van der Waals surface area contributed by atoms with Gasteiger partial charge in [0.1, 0.15) is 0 Å². The number of nitrogens with zero attached hydrogens (tertiary/aromatic N) is 2. The summed E-state index contributed by atoms with van der Waals surface area (Å²) < 4.78 is 0. The Hall–Kier alpha value is -2.89. The number of amides is 3. The summed E-state index contributed by atoms with van der Waals surface area (Å²) in [6.45, 7) is 0.845. The number of hydrogen-bond donors (Lipinski definition) is 1. The number of aromatic amines is 1. The Kier molecular flexibility index (Phi) is 3.29. The Morgan fingerprint density at radius 1 is 1.00 bits per heavy atom. The first-order valence-corrected chi connectivity index (χ1v) is 9.02. The second kappa shape index (κ2) is 5.56. The van der Waals surface area contributed by atoms with Crippen molar-refractivity contribution in [3.8, 4) is 0 Å². The standard InChI is InChI=1S/C20H19N3O3/c24-18(13-6-5-12-7-8-21-17(12)9-13)22-10-14(11-22)23-19(25)15-3-1-2-4-16(15)20(23)26/h1-2,5-9,14-16,21H,3-4,10-11H2/t15-,16-/m1/s1. The molecule has 6 nitrogen and oxygen atoms in total. The molecule has 1 aromatic heterocycles. The van der Waals surface area contributed by atoms with Gasteiger partial charge in [-0.25, -0.2) is 0 Å². The van der Waals surface area contributed by atoms with E-state index in [-0.39, 0.29) is 35.6 Å². The van der Waals surface area contributed by atoms with Gasteiger partial charge in [0.2, 0.25) is 11.8 Å². The summed E-state index contributed by atoms with van der Waals surface area (Å²) in [6.07, 6.45) is 7.12. The zero-order chi connectivity index (χ0) is 17.8. The maximum absolute atomic E-state index is 12.7. The minimum atomic E-state index is -0.201. The predicted molar refractivity (Wildman–Crippen MR) is 95.2 cm³/mol. The van der Waals surface area contributed by atoms with E-state index in [1.54, 1.807) is 4.90 Å². The van der Waals surface area contributed by atoms with Gasteiger partial charge in [-0.2, -0.15) is 0 Å². The van der Waals surface area contributed by atoms with Crippen LogP contribution < -0.4 is 0 Å². The Labute approximate surface area is 150 Å². The van der Waals surface area contributed by atoms with Crippen LogP contribution in [0.3, 0.4) is 0 Å². The van der Waals surface area contributed by atoms with Crippen molar-refractivity contribution in [3.05, 3.63) is 48.2 Å². The fourth-order valence-electron chi connectivity index (χ4n) is 4.33. The Balaban J connectivity index is 1.29. The SMILES string of the molecule is O=C(c1ccc2cc[nH]c2c1)N1CC(N2C(=O)[C@@H]3CC=CC[C@H]3C2=O)C1. The van der Waals surface area contributed by atoms with E-state index >= 15 is 0 Å². The number of carbonyl (C=O) groups is 3. The smallest absolute Gasteiger partial charge is 0.254 e. The third-order valence-corrected chi connectivity index (χ3v) is 5.86. The van der Waals surface area contributed by atoms with E-state index in [0.717, 1.165) is 10.9 Å². The van der Waals surface area contributed by atoms with Gasteiger partial charge in [-0.05, 0) is 36.4 Å². The molecule has 0 saturated carbocycles. The van der Waals surface area contributed by atoms with Crippen molar-refractivity contribution >= 4 is 28.6 Å². The summed E-state index contributed by atoms with van der Waals surface area (Å²) in [5, 5.41) is 1.06. The molecule has 6 heteroatoms. The van der Waals surface area contributed by atoms with Crippen molar-refractivity contribution in [2.45, 2.75) is 18.9 Å². The highest BCUT2D eigenvalue weighted by molar-refractivity contribution is 6.06. The molecule has 0 unspecified atom stereocenters. The van der Waals surface area contributed by atoms with Gasteiger partial charge in [0.25, 0.3) is 5.91 Å². The summed E-state index contributed by atoms with van der Waals surface area (Å²) in [7, 11) is 0. The van der Waals surface area contributed by atoms with Crippen molar-refractivity contribution in [1.82, 2.24) is 14.8 Å². The first kappa shape index (κ1) is 15.4. The van der Waals surface area contributed by atoms with E-state index in [4.69, 9.17) is 0 Å². The number of hydrogen-bond acceptors (Lipinski definition) is 3. The maximum atomic E-state index is 12.7. The monoisotopic (exact) mass is 349 g/mol. The highest BCUT2D eigenvalue weighted by Crippen LogP contribution is 2.37. The lowest BCUT2D eigenvalue weighted by Crippen LogP contribution is -2.62. The number of benzene rings is 1. The summed E-state index contributed by atoms with van der Waals surface area (Å²) >= 11 is 0. The van der Waals surface area contributed by atoms with Gasteiger partial charge < -0.3 is 9.88 Å². The number of aromatic nitrogens is 1. The van der Waals surface area contributed by atoms with Crippen LogP contribution in [0.4, 0.5) is 0 Å². The summed E-state index contributed by atoms with van der Waals surface area (Å²) in [4.78, 5) is 44.1. The van der Waals surface area contributed by atoms with Crippen molar-refractivity contribution in [2.75, 3.05) is 13.1 Å². The molecule has 0 bridgehead atoms. The van der Waals surface area contributed by atoms with Crippen LogP contribution in [0.5, 0.6) is 0 Å². The van der Waals surface area contributed by atoms with Crippen molar-refractivity contribution in [1.29, 1.82) is 0 Å². The minimum absolute atomic E-state index is 0.0593. The molecule has 3 aliphatic rings. The average Bonchev–Trinajstić information content (AvgIpc) is 3.18. The van der Waals surface area contributed by atoms with Crippen LogP contribution in [0.25, 0.3) is 10.9 Å². The molecular weight excluding hydrogens is 330 g/mol. The molecule has 3 amide bonds. The van der Waals surface area contributed by atoms with Gasteiger partial charge in [-0.3, -0.25) is 19.3 Å². The van der Waals surface area contributed by atoms with E-state index < -0.39 is 0 Å². The summed E-state index contributed by atoms with van der Waals surface area (Å²) in [5.74, 6) is -0.584. The lowest BCUT2D eigenvalue weighted by molar-refractivity contribution is -0.145. The number of likely N-dealkylation sites (tertiary alicyclic amines) is 2. The molecule has 1 N–H and O–H groups in total. The number of imide groups is 1. The van der Waals surface area contributed by atoms with Crippen LogP contribution in [0, 0.1) is 11.8 Å². The van der Waals surface area contributed by atoms with Crippen molar-refractivity contribution in [3.63, 3.8) is 0 Å². The van der Waals surface area contributed by atoms with Crippen LogP contribution in [0.15, 0.2) is 42.6 Å². The van der Waals surface area contributed by atoms with Crippen LogP contribution in [-0.4, -0.2) is 51.6 Å². The molecule has 132 valence electrons. The second-order valence-corrected chi connectivity index (χ2v) is 7.35. The van der Waals surface area contributed by atoms with E-state index in [2.05, 4.69) is 4.98 Å². The molecule has 2 atom stereocenters. The molecule has 1 aromatic carbocycles. The van der Waals surface area contributed by atoms with Gasteiger partial charge in [0, 0.05) is 30.4 Å². The van der Waals surface area contributed by atoms with E-state index in [1.807, 2.05) is 42.6 Å². The van der Waals surface area contributed by atoms with Crippen LogP contribution in [0.1, 0.15) is 23.2 Å². The zero-order valence-corrected chi connectivity index (χ0v) is 14.2.